The van der Waals surface area contributed by atoms with Crippen molar-refractivity contribution in [3.8, 4) is 0 Å². The van der Waals surface area contributed by atoms with Gasteiger partial charge in [0, 0.05) is 19.6 Å². The molecule has 5 heteroatoms. The minimum atomic E-state index is 0.122. The minimum Gasteiger partial charge on any atom is -0.376 e. The van der Waals surface area contributed by atoms with Crippen molar-refractivity contribution >= 4 is 5.96 Å². The van der Waals surface area contributed by atoms with E-state index in [9.17, 15) is 0 Å². The smallest absolute Gasteiger partial charge is 0.194 e. The summed E-state index contributed by atoms with van der Waals surface area (Å²) in [5.74, 6) is 2.84. The molecule has 21 heavy (non-hydrogen) atoms. The molecule has 0 spiro atoms. The molecule has 2 heterocycles. The predicted molar refractivity (Wildman–Crippen MR) is 83.6 cm³/mol. The number of ether oxygens (including phenoxy) is 2. The summed E-state index contributed by atoms with van der Waals surface area (Å²) in [4.78, 5) is 7.27. The number of aliphatic imine (C=N–C) groups is 1. The first kappa shape index (κ1) is 15.1. The van der Waals surface area contributed by atoms with Gasteiger partial charge < -0.3 is 19.7 Å². The highest BCUT2D eigenvalue weighted by molar-refractivity contribution is 5.80. The Morgan fingerprint density at radius 2 is 1.95 bits per heavy atom. The minimum absolute atomic E-state index is 0.122. The number of hydrogen-bond donors (Lipinski definition) is 1. The first-order chi connectivity index (χ1) is 10.4. The zero-order valence-corrected chi connectivity index (χ0v) is 13.2. The zero-order valence-electron chi connectivity index (χ0n) is 13.2. The second kappa shape index (κ2) is 7.45. The molecule has 5 nitrogen and oxygen atoms in total. The van der Waals surface area contributed by atoms with Crippen molar-refractivity contribution in [2.24, 2.45) is 16.8 Å². The molecule has 1 saturated carbocycles. The molecule has 0 radical (unpaired) electrons. The van der Waals surface area contributed by atoms with Crippen LogP contribution in [0.15, 0.2) is 4.99 Å². The molecule has 0 aromatic carbocycles. The van der Waals surface area contributed by atoms with E-state index in [1.54, 1.807) is 0 Å². The Kier molecular flexibility index (Phi) is 5.36. The summed E-state index contributed by atoms with van der Waals surface area (Å²) in [5.41, 5.74) is 0. The Morgan fingerprint density at radius 1 is 1.19 bits per heavy atom. The fourth-order valence-corrected chi connectivity index (χ4v) is 3.83. The number of rotatable bonds is 3. The third-order valence-electron chi connectivity index (χ3n) is 4.94. The summed E-state index contributed by atoms with van der Waals surface area (Å²) < 4.78 is 11.1. The van der Waals surface area contributed by atoms with Gasteiger partial charge in [-0.2, -0.15) is 0 Å². The summed E-state index contributed by atoms with van der Waals surface area (Å²) >= 11 is 0. The monoisotopic (exact) mass is 295 g/mol. The lowest BCUT2D eigenvalue weighted by Gasteiger charge is -2.24. The maximum absolute atomic E-state index is 5.69. The Labute approximate surface area is 128 Å². The van der Waals surface area contributed by atoms with E-state index in [1.165, 1.54) is 38.8 Å². The molecule has 2 saturated heterocycles. The van der Waals surface area contributed by atoms with Gasteiger partial charge in [0.15, 0.2) is 5.96 Å². The van der Waals surface area contributed by atoms with Crippen LogP contribution in [0.2, 0.25) is 0 Å². The molecule has 0 amide bonds. The average Bonchev–Trinajstić information content (AvgIpc) is 2.96. The second-order valence-electron chi connectivity index (χ2n) is 6.47. The maximum atomic E-state index is 5.69. The van der Waals surface area contributed by atoms with E-state index in [-0.39, 0.29) is 6.10 Å². The molecule has 3 unspecified atom stereocenters. The molecule has 3 fully saturated rings. The van der Waals surface area contributed by atoms with Crippen LogP contribution in [0.25, 0.3) is 0 Å². The number of fused-ring (bicyclic) bond motifs is 1. The highest BCUT2D eigenvalue weighted by atomic mass is 16.6. The SMILES string of the molecule is CCNC(=NCC1COCCO1)N1CC2CCCCC2C1. The highest BCUT2D eigenvalue weighted by Crippen LogP contribution is 2.35. The molecule has 3 atom stereocenters. The first-order valence-corrected chi connectivity index (χ1v) is 8.59. The van der Waals surface area contributed by atoms with Crippen molar-refractivity contribution in [1.82, 2.24) is 10.2 Å². The lowest BCUT2D eigenvalue weighted by Crippen LogP contribution is -2.41. The van der Waals surface area contributed by atoms with Gasteiger partial charge in [0.25, 0.3) is 0 Å². The van der Waals surface area contributed by atoms with E-state index < -0.39 is 0 Å². The van der Waals surface area contributed by atoms with E-state index in [1.807, 2.05) is 0 Å². The molecule has 0 aromatic rings. The Balaban J connectivity index is 1.58. The van der Waals surface area contributed by atoms with Crippen LogP contribution in [0, 0.1) is 11.8 Å². The van der Waals surface area contributed by atoms with Gasteiger partial charge in [0.05, 0.1) is 26.4 Å². The van der Waals surface area contributed by atoms with Gasteiger partial charge in [0.1, 0.15) is 6.10 Å². The van der Waals surface area contributed by atoms with Crippen molar-refractivity contribution in [3.63, 3.8) is 0 Å². The molecule has 3 rings (SSSR count). The van der Waals surface area contributed by atoms with Crippen LogP contribution < -0.4 is 5.32 Å². The normalized spacial score (nSPS) is 33.9. The summed E-state index contributed by atoms with van der Waals surface area (Å²) in [7, 11) is 0. The largest absolute Gasteiger partial charge is 0.376 e. The van der Waals surface area contributed by atoms with E-state index >= 15 is 0 Å². The molecule has 0 bridgehead atoms. The fourth-order valence-electron chi connectivity index (χ4n) is 3.83. The molecule has 3 aliphatic rings. The van der Waals surface area contributed by atoms with Gasteiger partial charge >= 0.3 is 0 Å². The van der Waals surface area contributed by atoms with Crippen LogP contribution in [-0.4, -0.2) is 63.0 Å². The molecule has 1 N–H and O–H groups in total. The van der Waals surface area contributed by atoms with Crippen molar-refractivity contribution in [3.05, 3.63) is 0 Å². The van der Waals surface area contributed by atoms with Crippen LogP contribution >= 0.6 is 0 Å². The van der Waals surface area contributed by atoms with Gasteiger partial charge in [-0.05, 0) is 31.6 Å². The molecule has 120 valence electrons. The summed E-state index contributed by atoms with van der Waals surface area (Å²) in [6.07, 6.45) is 5.75. The van der Waals surface area contributed by atoms with Gasteiger partial charge in [-0.3, -0.25) is 4.99 Å². The Hall–Kier alpha value is -0.810. The van der Waals surface area contributed by atoms with Crippen LogP contribution in [0.1, 0.15) is 32.6 Å². The molecule has 2 aliphatic heterocycles. The van der Waals surface area contributed by atoms with Crippen molar-refractivity contribution < 1.29 is 9.47 Å². The lowest BCUT2D eigenvalue weighted by molar-refractivity contribution is -0.0833. The first-order valence-electron chi connectivity index (χ1n) is 8.59. The van der Waals surface area contributed by atoms with E-state index in [4.69, 9.17) is 14.5 Å². The highest BCUT2D eigenvalue weighted by Gasteiger charge is 2.35. The number of nitrogens with one attached hydrogen (secondary N) is 1. The molecular weight excluding hydrogens is 266 g/mol. The number of nitrogens with zero attached hydrogens (tertiary/aromatic N) is 2. The Bertz CT molecular complexity index is 341. The fraction of sp³-hybridized carbons (Fsp3) is 0.938. The van der Waals surface area contributed by atoms with Crippen molar-refractivity contribution in [2.45, 2.75) is 38.7 Å². The van der Waals surface area contributed by atoms with Crippen LogP contribution in [-0.2, 0) is 9.47 Å². The molecular formula is C16H29N3O2. The Morgan fingerprint density at radius 3 is 2.57 bits per heavy atom. The molecule has 1 aliphatic carbocycles. The maximum Gasteiger partial charge on any atom is 0.194 e. The van der Waals surface area contributed by atoms with E-state index in [2.05, 4.69) is 17.1 Å². The summed E-state index contributed by atoms with van der Waals surface area (Å²) in [5, 5.41) is 3.45. The summed E-state index contributed by atoms with van der Waals surface area (Å²) in [6.45, 7) is 8.21. The van der Waals surface area contributed by atoms with Gasteiger partial charge in [-0.25, -0.2) is 0 Å². The quantitative estimate of drug-likeness (QED) is 0.633. The van der Waals surface area contributed by atoms with Crippen LogP contribution in [0.4, 0.5) is 0 Å². The third kappa shape index (κ3) is 3.89. The topological polar surface area (TPSA) is 46.1 Å². The average molecular weight is 295 g/mol. The third-order valence-corrected chi connectivity index (χ3v) is 4.94. The van der Waals surface area contributed by atoms with Crippen molar-refractivity contribution in [1.29, 1.82) is 0 Å². The standard InChI is InChI=1S/C16H29N3O2/c1-2-17-16(18-9-15-12-20-7-8-21-15)19-10-13-5-3-4-6-14(13)11-19/h13-15H,2-12H2,1H3,(H,17,18). The number of guanidine groups is 1. The van der Waals surface area contributed by atoms with Gasteiger partial charge in [-0.15, -0.1) is 0 Å². The van der Waals surface area contributed by atoms with Crippen LogP contribution in [0.5, 0.6) is 0 Å². The summed E-state index contributed by atoms with van der Waals surface area (Å²) in [6, 6.07) is 0. The second-order valence-corrected chi connectivity index (χ2v) is 6.47. The van der Waals surface area contributed by atoms with E-state index in [0.717, 1.165) is 30.9 Å². The molecule has 0 aromatic heterocycles. The number of hydrogen-bond acceptors (Lipinski definition) is 3. The van der Waals surface area contributed by atoms with Crippen LogP contribution in [0.3, 0.4) is 0 Å². The zero-order chi connectivity index (χ0) is 14.5. The van der Waals surface area contributed by atoms with Gasteiger partial charge in [-0.1, -0.05) is 12.8 Å². The van der Waals surface area contributed by atoms with Crippen molar-refractivity contribution in [2.75, 3.05) is 46.0 Å². The predicted octanol–water partition coefficient (Wildman–Crippen LogP) is 1.49. The van der Waals surface area contributed by atoms with E-state index in [0.29, 0.717) is 19.8 Å². The number of likely N-dealkylation sites (tertiary alicyclic amines) is 1. The lowest BCUT2D eigenvalue weighted by atomic mass is 9.82. The van der Waals surface area contributed by atoms with Gasteiger partial charge in [0.2, 0.25) is 0 Å².